The lowest BCUT2D eigenvalue weighted by atomic mass is 10.6. The normalized spacial score (nSPS) is 13.8. The predicted octanol–water partition coefficient (Wildman–Crippen LogP) is 1.77. The van der Waals surface area contributed by atoms with Crippen LogP contribution in [0.2, 0.25) is 0 Å². The van der Waals surface area contributed by atoms with Gasteiger partial charge in [-0.1, -0.05) is 22.6 Å². The Labute approximate surface area is 64.2 Å². The standard InChI is InChI=1S/C3H4I2O/c1-2(4)3(5)6/h2H,1H3. The summed E-state index contributed by atoms with van der Waals surface area (Å²) < 4.78 is 0.386. The number of carbonyl (C=O) groups is 1. The van der Waals surface area contributed by atoms with Gasteiger partial charge in [-0.05, 0) is 6.92 Å². The van der Waals surface area contributed by atoms with Crippen molar-refractivity contribution in [2.75, 3.05) is 0 Å². The summed E-state index contributed by atoms with van der Waals surface area (Å²) in [5.41, 5.74) is 0. The van der Waals surface area contributed by atoms with Crippen molar-refractivity contribution in [1.82, 2.24) is 0 Å². The SMILES string of the molecule is CC(I)C(=O)I. The van der Waals surface area contributed by atoms with Gasteiger partial charge in [0, 0.05) is 22.6 Å². The summed E-state index contributed by atoms with van der Waals surface area (Å²) >= 11 is 3.86. The van der Waals surface area contributed by atoms with Gasteiger partial charge in [-0.15, -0.1) is 0 Å². The van der Waals surface area contributed by atoms with Crippen LogP contribution in [-0.2, 0) is 4.79 Å². The minimum atomic E-state index is 0.170. The number of carbonyl (C=O) groups excluding carboxylic acids is 1. The van der Waals surface area contributed by atoms with Gasteiger partial charge in [-0.25, -0.2) is 0 Å². The van der Waals surface area contributed by atoms with Crippen molar-refractivity contribution in [3.8, 4) is 0 Å². The quantitative estimate of drug-likeness (QED) is 0.410. The average molecular weight is 310 g/mol. The van der Waals surface area contributed by atoms with Crippen LogP contribution in [0, 0.1) is 0 Å². The van der Waals surface area contributed by atoms with E-state index in [0.29, 0.717) is 0 Å². The molecule has 6 heavy (non-hydrogen) atoms. The summed E-state index contributed by atoms with van der Waals surface area (Å²) in [7, 11) is 0. The maximum Gasteiger partial charge on any atom is 0.204 e. The first kappa shape index (κ1) is 7.13. The van der Waals surface area contributed by atoms with Crippen LogP contribution in [0.4, 0.5) is 0 Å². The zero-order chi connectivity index (χ0) is 5.15. The van der Waals surface area contributed by atoms with Gasteiger partial charge in [0.25, 0.3) is 0 Å². The Morgan fingerprint density at radius 3 is 2.00 bits per heavy atom. The monoisotopic (exact) mass is 310 g/mol. The Morgan fingerprint density at radius 1 is 1.83 bits per heavy atom. The Bertz CT molecular complexity index is 59.8. The van der Waals surface area contributed by atoms with E-state index >= 15 is 0 Å². The van der Waals surface area contributed by atoms with Crippen molar-refractivity contribution in [2.45, 2.75) is 10.8 Å². The van der Waals surface area contributed by atoms with Crippen molar-refractivity contribution in [1.29, 1.82) is 0 Å². The number of rotatable bonds is 1. The van der Waals surface area contributed by atoms with E-state index in [9.17, 15) is 4.79 Å². The van der Waals surface area contributed by atoms with E-state index in [1.54, 1.807) is 22.6 Å². The first-order valence-corrected chi connectivity index (χ1v) is 3.80. The highest BCUT2D eigenvalue weighted by atomic mass is 127. The third kappa shape index (κ3) is 3.32. The molecule has 1 atom stereocenters. The van der Waals surface area contributed by atoms with E-state index in [4.69, 9.17) is 0 Å². The molecular formula is C3H4I2O. The van der Waals surface area contributed by atoms with E-state index in [-0.39, 0.29) is 7.71 Å². The Hall–Kier alpha value is 1.13. The molecule has 0 aromatic rings. The van der Waals surface area contributed by atoms with E-state index in [2.05, 4.69) is 22.6 Å². The molecule has 0 saturated carbocycles. The fourth-order valence-electron chi connectivity index (χ4n) is 0. The van der Waals surface area contributed by atoms with E-state index in [0.717, 1.165) is 0 Å². The maximum absolute atomic E-state index is 10.1. The molecule has 0 heterocycles. The fraction of sp³-hybridized carbons (Fsp3) is 0.667. The smallest absolute Gasteiger partial charge is 0.204 e. The third-order valence-corrected chi connectivity index (χ3v) is 3.00. The summed E-state index contributed by atoms with van der Waals surface area (Å²) in [6.45, 7) is 1.87. The predicted molar refractivity (Wildman–Crippen MR) is 42.5 cm³/mol. The molecular weight excluding hydrogens is 306 g/mol. The topological polar surface area (TPSA) is 17.1 Å². The molecule has 1 nitrogen and oxygen atoms in total. The fourth-order valence-corrected chi connectivity index (χ4v) is 0. The molecule has 0 aliphatic carbocycles. The zero-order valence-corrected chi connectivity index (χ0v) is 7.56. The molecule has 36 valence electrons. The van der Waals surface area contributed by atoms with Gasteiger partial charge in [0.2, 0.25) is 3.79 Å². The van der Waals surface area contributed by atoms with Gasteiger partial charge in [-0.2, -0.15) is 0 Å². The lowest BCUT2D eigenvalue weighted by Gasteiger charge is -1.86. The van der Waals surface area contributed by atoms with Gasteiger partial charge >= 0.3 is 0 Å². The largest absolute Gasteiger partial charge is 0.287 e. The molecule has 0 N–H and O–H groups in total. The average Bonchev–Trinajstić information content (AvgIpc) is 1.36. The van der Waals surface area contributed by atoms with E-state index in [1.807, 2.05) is 6.92 Å². The molecule has 0 saturated heterocycles. The highest BCUT2D eigenvalue weighted by Gasteiger charge is 1.99. The zero-order valence-electron chi connectivity index (χ0n) is 3.24. The molecule has 0 bridgehead atoms. The van der Waals surface area contributed by atoms with Crippen LogP contribution >= 0.6 is 45.2 Å². The summed E-state index contributed by atoms with van der Waals surface area (Å²) in [5.74, 6) is 0. The van der Waals surface area contributed by atoms with Crippen molar-refractivity contribution in [3.05, 3.63) is 0 Å². The minimum absolute atomic E-state index is 0.170. The number of hydrogen-bond donors (Lipinski definition) is 0. The molecule has 0 aliphatic rings. The Kier molecular flexibility index (Phi) is 3.77. The Morgan fingerprint density at radius 2 is 2.00 bits per heavy atom. The van der Waals surface area contributed by atoms with Gasteiger partial charge < -0.3 is 0 Å². The lowest BCUT2D eigenvalue weighted by molar-refractivity contribution is -0.108. The number of halogens is 2. The van der Waals surface area contributed by atoms with Crippen molar-refractivity contribution < 1.29 is 4.79 Å². The highest BCUT2D eigenvalue weighted by Crippen LogP contribution is 2.03. The lowest BCUT2D eigenvalue weighted by Crippen LogP contribution is -1.97. The van der Waals surface area contributed by atoms with Crippen molar-refractivity contribution in [3.63, 3.8) is 0 Å². The molecule has 1 unspecified atom stereocenters. The first-order chi connectivity index (χ1) is 2.64. The van der Waals surface area contributed by atoms with Gasteiger partial charge in [0.15, 0.2) is 0 Å². The first-order valence-electron chi connectivity index (χ1n) is 1.48. The molecule has 0 spiro atoms. The molecule has 0 aromatic carbocycles. The minimum Gasteiger partial charge on any atom is -0.287 e. The van der Waals surface area contributed by atoms with E-state index < -0.39 is 0 Å². The van der Waals surface area contributed by atoms with Crippen LogP contribution in [0.25, 0.3) is 0 Å². The molecule has 0 aliphatic heterocycles. The molecule has 0 rings (SSSR count). The summed E-state index contributed by atoms with van der Waals surface area (Å²) in [4.78, 5) is 10.1. The maximum atomic E-state index is 10.1. The van der Waals surface area contributed by atoms with Gasteiger partial charge in [0.05, 0.1) is 3.92 Å². The van der Waals surface area contributed by atoms with Crippen LogP contribution in [0.15, 0.2) is 0 Å². The molecule has 0 aromatic heterocycles. The molecule has 0 amide bonds. The van der Waals surface area contributed by atoms with Crippen molar-refractivity contribution >= 4 is 49.0 Å². The molecule has 0 fully saturated rings. The highest BCUT2D eigenvalue weighted by molar-refractivity contribution is 14.1. The second-order valence-electron chi connectivity index (χ2n) is 0.920. The van der Waals surface area contributed by atoms with Crippen LogP contribution in [0.1, 0.15) is 6.92 Å². The summed E-state index contributed by atoms with van der Waals surface area (Å²) in [6, 6.07) is 0. The number of alkyl halides is 1. The summed E-state index contributed by atoms with van der Waals surface area (Å²) in [5, 5.41) is 0. The van der Waals surface area contributed by atoms with Crippen LogP contribution in [-0.4, -0.2) is 7.71 Å². The van der Waals surface area contributed by atoms with Crippen molar-refractivity contribution in [2.24, 2.45) is 0 Å². The van der Waals surface area contributed by atoms with Gasteiger partial charge in [-0.3, -0.25) is 4.79 Å². The molecule has 3 heteroatoms. The Balaban J connectivity index is 3.26. The summed E-state index contributed by atoms with van der Waals surface area (Å²) in [6.07, 6.45) is 0. The second-order valence-corrected chi connectivity index (χ2v) is 3.85. The third-order valence-electron chi connectivity index (χ3n) is 0.313. The molecule has 0 radical (unpaired) electrons. The van der Waals surface area contributed by atoms with Crippen LogP contribution in [0.3, 0.4) is 0 Å². The van der Waals surface area contributed by atoms with Gasteiger partial charge in [0.1, 0.15) is 0 Å². The number of hydrogen-bond acceptors (Lipinski definition) is 1. The van der Waals surface area contributed by atoms with Crippen LogP contribution < -0.4 is 0 Å². The second kappa shape index (κ2) is 3.17. The van der Waals surface area contributed by atoms with Crippen LogP contribution in [0.5, 0.6) is 0 Å². The van der Waals surface area contributed by atoms with E-state index in [1.165, 1.54) is 0 Å².